The van der Waals surface area contributed by atoms with E-state index in [1.807, 2.05) is 6.07 Å². The van der Waals surface area contributed by atoms with Crippen molar-refractivity contribution in [2.45, 2.75) is 25.8 Å². The van der Waals surface area contributed by atoms with Crippen molar-refractivity contribution in [2.75, 3.05) is 18.0 Å². The van der Waals surface area contributed by atoms with Crippen LogP contribution in [-0.4, -0.2) is 34.1 Å². The molecule has 0 unspecified atom stereocenters. The molecule has 1 amide bonds. The van der Waals surface area contributed by atoms with Gasteiger partial charge in [-0.05, 0) is 49.1 Å². The summed E-state index contributed by atoms with van der Waals surface area (Å²) in [6.45, 7) is 2.11. The number of anilines is 1. The molecule has 7 nitrogen and oxygen atoms in total. The smallest absolute Gasteiger partial charge is 0.316 e. The third kappa shape index (κ3) is 4.54. The molecule has 0 atom stereocenters. The summed E-state index contributed by atoms with van der Waals surface area (Å²) in [6.07, 6.45) is 5.24. The summed E-state index contributed by atoms with van der Waals surface area (Å²) >= 11 is 5.75. The maximum absolute atomic E-state index is 13.2. The Morgan fingerprint density at radius 1 is 1.21 bits per heavy atom. The first-order chi connectivity index (χ1) is 14.1. The predicted molar refractivity (Wildman–Crippen MR) is 106 cm³/mol. The van der Waals surface area contributed by atoms with Crippen LogP contribution in [0, 0.1) is 5.82 Å². The van der Waals surface area contributed by atoms with Crippen molar-refractivity contribution >= 4 is 23.3 Å². The number of hydrogen-bond acceptors (Lipinski definition) is 6. The predicted octanol–water partition coefficient (Wildman–Crippen LogP) is 3.84. The molecule has 0 radical (unpaired) electrons. The second kappa shape index (κ2) is 8.57. The van der Waals surface area contributed by atoms with Crippen molar-refractivity contribution in [1.29, 1.82) is 0 Å². The summed E-state index contributed by atoms with van der Waals surface area (Å²) in [5, 5.41) is 6.56. The van der Waals surface area contributed by atoms with Crippen LogP contribution in [0.4, 0.5) is 10.2 Å². The molecule has 1 aliphatic rings. The lowest BCUT2D eigenvalue weighted by Crippen LogP contribution is -2.30. The number of pyridine rings is 1. The molecular formula is C20H19ClFN5O2. The first-order valence-corrected chi connectivity index (χ1v) is 9.75. The van der Waals surface area contributed by atoms with Crippen LogP contribution in [0.25, 0.3) is 11.4 Å². The second-order valence-electron chi connectivity index (χ2n) is 6.80. The first kappa shape index (κ1) is 19.3. The number of nitrogens with zero attached hydrogens (tertiary/aromatic N) is 4. The van der Waals surface area contributed by atoms with E-state index in [-0.39, 0.29) is 17.5 Å². The van der Waals surface area contributed by atoms with Crippen molar-refractivity contribution in [2.24, 2.45) is 0 Å². The Balaban J connectivity index is 1.43. The van der Waals surface area contributed by atoms with Gasteiger partial charge in [0.1, 0.15) is 11.6 Å². The van der Waals surface area contributed by atoms with E-state index in [9.17, 15) is 9.18 Å². The molecular weight excluding hydrogens is 397 g/mol. The quantitative estimate of drug-likeness (QED) is 0.681. The van der Waals surface area contributed by atoms with Gasteiger partial charge < -0.3 is 14.7 Å². The monoisotopic (exact) mass is 415 g/mol. The summed E-state index contributed by atoms with van der Waals surface area (Å²) in [7, 11) is 0. The molecule has 29 heavy (non-hydrogen) atoms. The Kier molecular flexibility index (Phi) is 5.71. The largest absolute Gasteiger partial charge is 0.357 e. The minimum Gasteiger partial charge on any atom is -0.357 e. The number of amides is 1. The fourth-order valence-electron chi connectivity index (χ4n) is 3.19. The van der Waals surface area contributed by atoms with E-state index in [4.69, 9.17) is 16.1 Å². The van der Waals surface area contributed by atoms with Gasteiger partial charge in [0.05, 0.1) is 5.02 Å². The average Bonchev–Trinajstić information content (AvgIpc) is 3.26. The zero-order valence-corrected chi connectivity index (χ0v) is 16.3. The van der Waals surface area contributed by atoms with Gasteiger partial charge in [0.2, 0.25) is 5.82 Å². The molecule has 1 aromatic carbocycles. The van der Waals surface area contributed by atoms with Crippen LogP contribution < -0.4 is 10.2 Å². The normalized spacial score (nSPS) is 14.1. The van der Waals surface area contributed by atoms with Gasteiger partial charge in [-0.2, -0.15) is 4.98 Å². The SMILES string of the molecule is O=C(NCc1ccc(F)c(Cl)c1)c1nc(-c2ccnc(N3CCCCC3)c2)no1. The molecule has 0 aliphatic carbocycles. The Bertz CT molecular complexity index is 1020. The Hall–Kier alpha value is -3.00. The van der Waals surface area contributed by atoms with Gasteiger partial charge in [0, 0.05) is 31.4 Å². The lowest BCUT2D eigenvalue weighted by Gasteiger charge is -2.27. The average molecular weight is 416 g/mol. The molecule has 1 aliphatic heterocycles. The highest BCUT2D eigenvalue weighted by Gasteiger charge is 2.18. The molecule has 1 saturated heterocycles. The zero-order chi connectivity index (χ0) is 20.2. The summed E-state index contributed by atoms with van der Waals surface area (Å²) < 4.78 is 18.3. The first-order valence-electron chi connectivity index (χ1n) is 9.37. The minimum atomic E-state index is -0.519. The molecule has 0 spiro atoms. The van der Waals surface area contributed by atoms with E-state index in [0.29, 0.717) is 11.4 Å². The molecule has 3 aromatic rings. The summed E-state index contributed by atoms with van der Waals surface area (Å²) in [5.41, 5.74) is 1.39. The third-order valence-corrected chi connectivity index (χ3v) is 5.03. The molecule has 0 saturated carbocycles. The third-order valence-electron chi connectivity index (χ3n) is 4.74. The molecule has 0 bridgehead atoms. The lowest BCUT2D eigenvalue weighted by atomic mass is 10.1. The van der Waals surface area contributed by atoms with Crippen molar-refractivity contribution in [3.63, 3.8) is 0 Å². The van der Waals surface area contributed by atoms with Crippen molar-refractivity contribution < 1.29 is 13.7 Å². The Labute approximate surface area is 171 Å². The highest BCUT2D eigenvalue weighted by atomic mass is 35.5. The van der Waals surface area contributed by atoms with Gasteiger partial charge in [-0.25, -0.2) is 9.37 Å². The molecule has 150 valence electrons. The fourth-order valence-corrected chi connectivity index (χ4v) is 3.40. The number of rotatable bonds is 5. The number of nitrogens with one attached hydrogen (secondary N) is 1. The van der Waals surface area contributed by atoms with Crippen molar-refractivity contribution in [3.05, 3.63) is 58.8 Å². The lowest BCUT2D eigenvalue weighted by molar-refractivity contribution is 0.0907. The topological polar surface area (TPSA) is 84.2 Å². The molecule has 2 aromatic heterocycles. The summed E-state index contributed by atoms with van der Waals surface area (Å²) in [4.78, 5) is 23.1. The molecule has 1 fully saturated rings. The highest BCUT2D eigenvalue weighted by molar-refractivity contribution is 6.30. The molecule has 3 heterocycles. The maximum Gasteiger partial charge on any atom is 0.316 e. The fraction of sp³-hybridized carbons (Fsp3) is 0.300. The van der Waals surface area contributed by atoms with Crippen LogP contribution in [0.2, 0.25) is 5.02 Å². The number of carbonyl (C=O) groups excluding carboxylic acids is 1. The number of halogens is 2. The molecule has 4 rings (SSSR count). The van der Waals surface area contributed by atoms with E-state index in [2.05, 4.69) is 25.3 Å². The number of aromatic nitrogens is 3. The van der Waals surface area contributed by atoms with Gasteiger partial charge in [-0.3, -0.25) is 4.79 Å². The number of piperidine rings is 1. The van der Waals surface area contributed by atoms with Gasteiger partial charge in [-0.1, -0.05) is 22.8 Å². The summed E-state index contributed by atoms with van der Waals surface area (Å²) in [5.74, 6) is 0.00966. The maximum atomic E-state index is 13.2. The van der Waals surface area contributed by atoms with Gasteiger partial charge in [0.15, 0.2) is 0 Å². The number of hydrogen-bond donors (Lipinski definition) is 1. The molecule has 9 heteroatoms. The number of carbonyl (C=O) groups is 1. The van der Waals surface area contributed by atoms with Gasteiger partial charge >= 0.3 is 11.8 Å². The summed E-state index contributed by atoms with van der Waals surface area (Å²) in [6, 6.07) is 7.92. The second-order valence-corrected chi connectivity index (χ2v) is 7.21. The van der Waals surface area contributed by atoms with Crippen molar-refractivity contribution in [1.82, 2.24) is 20.4 Å². The Morgan fingerprint density at radius 3 is 2.83 bits per heavy atom. The number of benzene rings is 1. The van der Waals surface area contributed by atoms with E-state index in [1.54, 1.807) is 18.3 Å². The van der Waals surface area contributed by atoms with Crippen LogP contribution in [0.5, 0.6) is 0 Å². The van der Waals surface area contributed by atoms with Crippen LogP contribution in [0.3, 0.4) is 0 Å². The Morgan fingerprint density at radius 2 is 2.03 bits per heavy atom. The molecule has 1 N–H and O–H groups in total. The zero-order valence-electron chi connectivity index (χ0n) is 15.6. The van der Waals surface area contributed by atoms with Gasteiger partial charge in [-0.15, -0.1) is 0 Å². The van der Waals surface area contributed by atoms with Crippen LogP contribution in [0.1, 0.15) is 35.5 Å². The van der Waals surface area contributed by atoms with E-state index >= 15 is 0 Å². The van der Waals surface area contributed by atoms with Gasteiger partial charge in [0.25, 0.3) is 0 Å². The van der Waals surface area contributed by atoms with Crippen molar-refractivity contribution in [3.8, 4) is 11.4 Å². The standard InChI is InChI=1S/C20H19ClFN5O2/c21-15-10-13(4-5-16(15)22)12-24-19(28)20-25-18(26-29-20)14-6-7-23-17(11-14)27-8-2-1-3-9-27/h4-7,10-11H,1-3,8-9,12H2,(H,24,28). The van der Waals surface area contributed by atoms with E-state index in [1.165, 1.54) is 18.6 Å². The van der Waals surface area contributed by atoms with E-state index in [0.717, 1.165) is 37.3 Å². The van der Waals surface area contributed by atoms with Crippen LogP contribution >= 0.6 is 11.6 Å². The van der Waals surface area contributed by atoms with E-state index < -0.39 is 11.7 Å². The van der Waals surface area contributed by atoms with Crippen LogP contribution in [0.15, 0.2) is 41.1 Å². The highest BCUT2D eigenvalue weighted by Crippen LogP contribution is 2.23. The minimum absolute atomic E-state index is 0.000905. The van der Waals surface area contributed by atoms with Crippen LogP contribution in [-0.2, 0) is 6.54 Å².